The number of aromatic amines is 1. The van der Waals surface area contributed by atoms with E-state index in [1.54, 1.807) is 28.8 Å². The molecule has 250 valence electrons. The minimum Gasteiger partial charge on any atom is -0.371 e. The maximum Gasteiger partial charge on any atom is 0.416 e. The van der Waals surface area contributed by atoms with Crippen LogP contribution >= 0.6 is 0 Å². The molecule has 0 spiro atoms. The summed E-state index contributed by atoms with van der Waals surface area (Å²) < 4.78 is 41.4. The molecular weight excluding hydrogens is 623 g/mol. The Labute approximate surface area is 274 Å². The van der Waals surface area contributed by atoms with E-state index in [-0.39, 0.29) is 5.56 Å². The Hall–Kier alpha value is -5.21. The molecule has 2 aromatic heterocycles. The number of aromatic nitrogens is 4. The number of likely N-dealkylation sites (N-methyl/N-ethyl adjacent to an activating group) is 1. The number of imidazole rings is 1. The molecule has 11 nitrogen and oxygen atoms in total. The molecule has 1 aliphatic heterocycles. The predicted octanol–water partition coefficient (Wildman–Crippen LogP) is 5.48. The number of anilines is 4. The number of alkyl halides is 3. The zero-order valence-corrected chi connectivity index (χ0v) is 26.6. The number of halogens is 3. The number of piperazine rings is 1. The molecule has 0 bridgehead atoms. The molecule has 6 rings (SSSR count). The van der Waals surface area contributed by atoms with Crippen molar-refractivity contribution in [2.24, 2.45) is 0 Å². The number of benzene rings is 3. The van der Waals surface area contributed by atoms with Crippen LogP contribution < -0.4 is 21.6 Å². The predicted molar refractivity (Wildman–Crippen MR) is 180 cm³/mol. The molecule has 1 aliphatic rings. The number of nitrogens with one attached hydrogen (secondary N) is 4. The van der Waals surface area contributed by atoms with E-state index < -0.39 is 23.3 Å². The summed E-state index contributed by atoms with van der Waals surface area (Å²) >= 11 is 0. The van der Waals surface area contributed by atoms with E-state index in [0.29, 0.717) is 46.5 Å². The summed E-state index contributed by atoms with van der Waals surface area (Å²) in [5.74, 6) is 0.574. The van der Waals surface area contributed by atoms with E-state index >= 15 is 0 Å². The molecular formula is C34H36F3N9O2. The first-order valence-corrected chi connectivity index (χ1v) is 15.6. The average molecular weight is 660 g/mol. The summed E-state index contributed by atoms with van der Waals surface area (Å²) in [5.41, 5.74) is 1.59. The fraction of sp³-hybridized carbons (Fsp3) is 0.294. The Balaban J connectivity index is 1.23. The van der Waals surface area contributed by atoms with E-state index in [1.807, 2.05) is 31.2 Å². The number of aryl methyl sites for hydroxylation is 1. The van der Waals surface area contributed by atoms with Crippen molar-refractivity contribution in [3.63, 3.8) is 0 Å². The van der Waals surface area contributed by atoms with Crippen LogP contribution in [0.25, 0.3) is 16.9 Å². The molecule has 14 heteroatoms. The number of amides is 1. The van der Waals surface area contributed by atoms with Crippen LogP contribution in [0.15, 0.2) is 77.6 Å². The molecule has 48 heavy (non-hydrogen) atoms. The van der Waals surface area contributed by atoms with Crippen molar-refractivity contribution >= 4 is 40.1 Å². The number of fused-ring (bicyclic) bond motifs is 1. The average Bonchev–Trinajstić information content (AvgIpc) is 3.43. The lowest BCUT2D eigenvalue weighted by Gasteiger charge is -2.32. The van der Waals surface area contributed by atoms with E-state index in [0.717, 1.165) is 56.8 Å². The molecule has 5 aromatic rings. The van der Waals surface area contributed by atoms with Gasteiger partial charge in [0.2, 0.25) is 5.95 Å². The van der Waals surface area contributed by atoms with Gasteiger partial charge in [-0.15, -0.1) is 0 Å². The second-order valence-electron chi connectivity index (χ2n) is 11.8. The molecule has 0 radical (unpaired) electrons. The Morgan fingerprint density at radius 1 is 0.958 bits per heavy atom. The van der Waals surface area contributed by atoms with Crippen molar-refractivity contribution in [1.29, 1.82) is 0 Å². The standard InChI is InChI=1S/C34H36F3N9O2/c1-22-11-12-25(39-31(47)23-7-5-8-24(19-23)34(35,36)37)20-27(22)41-32-40-26-9-3-4-10-28(26)46(32)30-21-29(42-33(48)43-30)38-13-6-14-45-17-15-44(2)16-18-45/h3-5,7-12,19-21H,6,13-18H2,1-2H3,(H,39,47)(H,40,41)(H2,38,42,43,48). The molecule has 1 fully saturated rings. The molecule has 4 N–H and O–H groups in total. The molecule has 0 saturated carbocycles. The first-order valence-electron chi connectivity index (χ1n) is 15.6. The van der Waals surface area contributed by atoms with Gasteiger partial charge in [-0.2, -0.15) is 18.2 Å². The number of nitrogens with zero attached hydrogens (tertiary/aromatic N) is 5. The number of hydrogen-bond acceptors (Lipinski definition) is 8. The molecule has 0 aliphatic carbocycles. The zero-order chi connectivity index (χ0) is 33.8. The Kier molecular flexibility index (Phi) is 9.46. The number of carbonyl (C=O) groups excluding carboxylic acids is 1. The Morgan fingerprint density at radius 2 is 1.75 bits per heavy atom. The highest BCUT2D eigenvalue weighted by atomic mass is 19.4. The van der Waals surface area contributed by atoms with Crippen LogP contribution in [-0.4, -0.2) is 81.5 Å². The van der Waals surface area contributed by atoms with Crippen molar-refractivity contribution in [1.82, 2.24) is 29.3 Å². The third-order valence-electron chi connectivity index (χ3n) is 8.28. The topological polar surface area (TPSA) is 123 Å². The van der Waals surface area contributed by atoms with Crippen LogP contribution in [0.3, 0.4) is 0 Å². The minimum atomic E-state index is -4.57. The van der Waals surface area contributed by atoms with Crippen molar-refractivity contribution in [2.45, 2.75) is 19.5 Å². The highest BCUT2D eigenvalue weighted by Crippen LogP contribution is 2.31. The first kappa shape index (κ1) is 32.7. The SMILES string of the molecule is Cc1ccc(NC(=O)c2cccc(C(F)(F)F)c2)cc1Nc1nc2ccccc2n1-c1cc(NCCCN2CCN(C)CC2)[nH]c(=O)n1. The molecule has 3 heterocycles. The summed E-state index contributed by atoms with van der Waals surface area (Å²) in [6, 6.07) is 18.6. The Morgan fingerprint density at radius 3 is 2.54 bits per heavy atom. The van der Waals surface area contributed by atoms with Gasteiger partial charge in [-0.25, -0.2) is 9.78 Å². The largest absolute Gasteiger partial charge is 0.416 e. The van der Waals surface area contributed by atoms with Gasteiger partial charge in [0.05, 0.1) is 16.6 Å². The monoisotopic (exact) mass is 659 g/mol. The maximum absolute atomic E-state index is 13.2. The first-order chi connectivity index (χ1) is 23.0. The lowest BCUT2D eigenvalue weighted by Crippen LogP contribution is -2.44. The normalized spacial score (nSPS) is 14.3. The lowest BCUT2D eigenvalue weighted by molar-refractivity contribution is -0.137. The van der Waals surface area contributed by atoms with Crippen LogP contribution in [0.5, 0.6) is 0 Å². The third kappa shape index (κ3) is 7.66. The fourth-order valence-corrected chi connectivity index (χ4v) is 5.59. The maximum atomic E-state index is 13.2. The van der Waals surface area contributed by atoms with Crippen LogP contribution in [0, 0.1) is 6.92 Å². The van der Waals surface area contributed by atoms with Gasteiger partial charge in [-0.05, 0) is 75.0 Å². The van der Waals surface area contributed by atoms with E-state index in [2.05, 4.69) is 42.8 Å². The van der Waals surface area contributed by atoms with Crippen molar-refractivity contribution < 1.29 is 18.0 Å². The summed E-state index contributed by atoms with van der Waals surface area (Å²) in [6.45, 7) is 7.69. The number of hydrogen-bond donors (Lipinski definition) is 4. The van der Waals surface area contributed by atoms with Crippen molar-refractivity contribution in [3.8, 4) is 5.82 Å². The molecule has 3 aromatic carbocycles. The molecule has 0 unspecified atom stereocenters. The second kappa shape index (κ2) is 13.9. The van der Waals surface area contributed by atoms with Crippen LogP contribution in [0.4, 0.5) is 36.3 Å². The van der Waals surface area contributed by atoms with E-state index in [9.17, 15) is 22.8 Å². The number of para-hydroxylation sites is 2. The summed E-state index contributed by atoms with van der Waals surface area (Å²) in [4.78, 5) is 42.2. The van der Waals surface area contributed by atoms with Gasteiger partial charge >= 0.3 is 11.9 Å². The van der Waals surface area contributed by atoms with Gasteiger partial charge < -0.3 is 25.8 Å². The fourth-order valence-electron chi connectivity index (χ4n) is 5.59. The second-order valence-corrected chi connectivity index (χ2v) is 11.8. The minimum absolute atomic E-state index is 0.120. The molecule has 1 amide bonds. The van der Waals surface area contributed by atoms with Gasteiger partial charge in [0, 0.05) is 55.7 Å². The third-order valence-corrected chi connectivity index (χ3v) is 8.28. The van der Waals surface area contributed by atoms with Gasteiger partial charge in [0.1, 0.15) is 11.6 Å². The number of rotatable bonds is 10. The Bertz CT molecular complexity index is 1980. The van der Waals surface area contributed by atoms with Gasteiger partial charge in [0.25, 0.3) is 5.91 Å². The van der Waals surface area contributed by atoms with E-state index in [4.69, 9.17) is 4.98 Å². The van der Waals surface area contributed by atoms with Crippen LogP contribution in [-0.2, 0) is 6.18 Å². The smallest absolute Gasteiger partial charge is 0.371 e. The van der Waals surface area contributed by atoms with E-state index in [1.165, 1.54) is 12.1 Å². The van der Waals surface area contributed by atoms with Crippen molar-refractivity contribution in [2.75, 3.05) is 62.3 Å². The summed E-state index contributed by atoms with van der Waals surface area (Å²) in [6.07, 6.45) is -3.66. The quantitative estimate of drug-likeness (QED) is 0.146. The molecule has 0 atom stereocenters. The number of H-pyrrole nitrogens is 1. The number of carbonyl (C=O) groups is 1. The van der Waals surface area contributed by atoms with Crippen LogP contribution in [0.1, 0.15) is 27.9 Å². The summed E-state index contributed by atoms with van der Waals surface area (Å²) in [5, 5.41) is 9.32. The van der Waals surface area contributed by atoms with Crippen molar-refractivity contribution in [3.05, 3.63) is 100.0 Å². The lowest BCUT2D eigenvalue weighted by atomic mass is 10.1. The van der Waals surface area contributed by atoms with Crippen LogP contribution in [0.2, 0.25) is 0 Å². The zero-order valence-electron chi connectivity index (χ0n) is 26.6. The highest BCUT2D eigenvalue weighted by Gasteiger charge is 2.31. The highest BCUT2D eigenvalue weighted by molar-refractivity contribution is 6.04. The van der Waals surface area contributed by atoms with Gasteiger partial charge in [-0.3, -0.25) is 14.3 Å². The van der Waals surface area contributed by atoms with Gasteiger partial charge in [0.15, 0.2) is 0 Å². The van der Waals surface area contributed by atoms with Gasteiger partial charge in [-0.1, -0.05) is 24.3 Å². The summed E-state index contributed by atoms with van der Waals surface area (Å²) in [7, 11) is 2.13. The molecule has 1 saturated heterocycles.